The van der Waals surface area contributed by atoms with Gasteiger partial charge < -0.3 is 20.1 Å². The van der Waals surface area contributed by atoms with Crippen molar-refractivity contribution in [1.29, 1.82) is 0 Å². The molecule has 23 heavy (non-hydrogen) atoms. The summed E-state index contributed by atoms with van der Waals surface area (Å²) in [5, 5.41) is 5.40. The van der Waals surface area contributed by atoms with Gasteiger partial charge in [0.1, 0.15) is 5.75 Å². The van der Waals surface area contributed by atoms with Crippen LogP contribution in [-0.4, -0.2) is 25.2 Å². The van der Waals surface area contributed by atoms with Gasteiger partial charge >= 0.3 is 12.0 Å². The Bertz CT molecular complexity index is 639. The Kier molecular flexibility index (Phi) is 5.26. The molecule has 1 aromatic carbocycles. The van der Waals surface area contributed by atoms with E-state index in [2.05, 4.69) is 10.6 Å². The Hall–Kier alpha value is -2.50. The van der Waals surface area contributed by atoms with E-state index in [4.69, 9.17) is 9.47 Å². The molecule has 6 nitrogen and oxygen atoms in total. The van der Waals surface area contributed by atoms with Crippen molar-refractivity contribution in [2.45, 2.75) is 39.3 Å². The molecule has 0 aromatic heterocycles. The molecule has 0 spiro atoms. The lowest BCUT2D eigenvalue weighted by molar-refractivity contribution is -0.144. The predicted molar refractivity (Wildman–Crippen MR) is 85.9 cm³/mol. The van der Waals surface area contributed by atoms with Gasteiger partial charge in [0, 0.05) is 11.3 Å². The first-order chi connectivity index (χ1) is 11.0. The number of amides is 2. The summed E-state index contributed by atoms with van der Waals surface area (Å²) >= 11 is 0. The second-order valence-electron chi connectivity index (χ2n) is 5.44. The summed E-state index contributed by atoms with van der Waals surface area (Å²) in [4.78, 5) is 24.4. The third-order valence-electron chi connectivity index (χ3n) is 3.82. The lowest BCUT2D eigenvalue weighted by atomic mass is 9.95. The van der Waals surface area contributed by atoms with Gasteiger partial charge in [-0.25, -0.2) is 9.59 Å². The molecular formula is C17H22N2O4. The molecule has 0 aliphatic carbocycles. The molecule has 0 unspecified atom stereocenters. The smallest absolute Gasteiger partial charge is 0.338 e. The highest BCUT2D eigenvalue weighted by atomic mass is 16.5. The third-order valence-corrected chi connectivity index (χ3v) is 3.82. The van der Waals surface area contributed by atoms with Gasteiger partial charge in [-0.3, -0.25) is 0 Å². The van der Waals surface area contributed by atoms with E-state index in [-0.39, 0.29) is 12.1 Å². The van der Waals surface area contributed by atoms with E-state index in [9.17, 15) is 9.59 Å². The fourth-order valence-electron chi connectivity index (χ4n) is 2.43. The van der Waals surface area contributed by atoms with Crippen molar-refractivity contribution in [3.63, 3.8) is 0 Å². The number of carbonyl (C=O) groups is 2. The van der Waals surface area contributed by atoms with Crippen LogP contribution in [0.2, 0.25) is 0 Å². The number of ether oxygens (including phenoxy) is 2. The highest BCUT2D eigenvalue weighted by Gasteiger charge is 2.34. The summed E-state index contributed by atoms with van der Waals surface area (Å²) < 4.78 is 10.8. The molecule has 0 saturated heterocycles. The zero-order chi connectivity index (χ0) is 17.0. The van der Waals surface area contributed by atoms with Gasteiger partial charge in [-0.2, -0.15) is 0 Å². The van der Waals surface area contributed by atoms with E-state index in [1.807, 2.05) is 32.0 Å². The molecule has 6 heteroatoms. The maximum Gasteiger partial charge on any atom is 0.338 e. The molecule has 1 aromatic rings. The van der Waals surface area contributed by atoms with Crippen LogP contribution in [0.3, 0.4) is 0 Å². The first-order valence-corrected chi connectivity index (χ1v) is 7.60. The molecule has 0 bridgehead atoms. The average molecular weight is 318 g/mol. The Morgan fingerprint density at radius 3 is 2.70 bits per heavy atom. The molecule has 1 aliphatic rings. The second-order valence-corrected chi connectivity index (χ2v) is 5.44. The van der Waals surface area contributed by atoms with Crippen LogP contribution in [0.5, 0.6) is 5.75 Å². The number of benzene rings is 1. The maximum absolute atomic E-state index is 12.6. The normalized spacial score (nSPS) is 18.8. The highest BCUT2D eigenvalue weighted by molar-refractivity contribution is 5.95. The van der Waals surface area contributed by atoms with Gasteiger partial charge in [0.05, 0.1) is 24.8 Å². The first kappa shape index (κ1) is 16.9. The molecule has 2 rings (SSSR count). The number of rotatable bonds is 5. The maximum atomic E-state index is 12.6. The van der Waals surface area contributed by atoms with Gasteiger partial charge in [0.2, 0.25) is 0 Å². The van der Waals surface area contributed by atoms with Crippen LogP contribution in [0.25, 0.3) is 0 Å². The largest absolute Gasteiger partial charge is 0.496 e. The van der Waals surface area contributed by atoms with Crippen LogP contribution < -0.4 is 15.4 Å². The van der Waals surface area contributed by atoms with E-state index in [1.165, 1.54) is 0 Å². The van der Waals surface area contributed by atoms with E-state index < -0.39 is 12.0 Å². The number of esters is 1. The van der Waals surface area contributed by atoms with Crippen LogP contribution in [0, 0.1) is 0 Å². The lowest BCUT2D eigenvalue weighted by Crippen LogP contribution is -2.45. The minimum Gasteiger partial charge on any atom is -0.496 e. The number of nitrogens with one attached hydrogen (secondary N) is 2. The van der Waals surface area contributed by atoms with Crippen LogP contribution in [-0.2, 0) is 9.53 Å². The highest BCUT2D eigenvalue weighted by Crippen LogP contribution is 2.33. The fraction of sp³-hybridized carbons (Fsp3) is 0.412. The van der Waals surface area contributed by atoms with Gasteiger partial charge in [-0.05, 0) is 26.3 Å². The van der Waals surface area contributed by atoms with Gasteiger partial charge in [0.15, 0.2) is 0 Å². The molecule has 124 valence electrons. The number of para-hydroxylation sites is 1. The van der Waals surface area contributed by atoms with E-state index in [0.717, 1.165) is 6.42 Å². The molecule has 0 saturated carbocycles. The summed E-state index contributed by atoms with van der Waals surface area (Å²) in [5.74, 6) is 0.154. The van der Waals surface area contributed by atoms with Gasteiger partial charge in [0.25, 0.3) is 0 Å². The van der Waals surface area contributed by atoms with Gasteiger partial charge in [-0.15, -0.1) is 0 Å². The van der Waals surface area contributed by atoms with Crippen molar-refractivity contribution < 1.29 is 19.1 Å². The summed E-state index contributed by atoms with van der Waals surface area (Å²) in [6, 6.07) is 6.29. The summed E-state index contributed by atoms with van der Waals surface area (Å²) in [6.07, 6.45) is 0.524. The molecule has 2 amide bonds. The molecule has 0 radical (unpaired) electrons. The average Bonchev–Trinajstić information content (AvgIpc) is 2.53. The Morgan fingerprint density at radius 2 is 2.04 bits per heavy atom. The SMILES string of the molecule is CC[C@@H](C)OC(=O)C1=C(C)NC(=O)N[C@H]1c1ccccc1OC. The van der Waals surface area contributed by atoms with Crippen LogP contribution in [0.4, 0.5) is 4.79 Å². The quantitative estimate of drug-likeness (QED) is 0.818. The standard InChI is InChI=1S/C17H22N2O4/c1-5-10(2)23-16(20)14-11(3)18-17(21)19-15(14)12-8-6-7-9-13(12)22-4/h6-10,15H,5H2,1-4H3,(H2,18,19,21)/t10-,15+/m1/s1. The summed E-state index contributed by atoms with van der Waals surface area (Å²) in [6.45, 7) is 5.47. The Morgan fingerprint density at radius 1 is 1.35 bits per heavy atom. The topological polar surface area (TPSA) is 76.7 Å². The molecule has 2 atom stereocenters. The Balaban J connectivity index is 2.44. The summed E-state index contributed by atoms with van der Waals surface area (Å²) in [7, 11) is 1.55. The first-order valence-electron chi connectivity index (χ1n) is 7.60. The molecular weight excluding hydrogens is 296 g/mol. The monoisotopic (exact) mass is 318 g/mol. The summed E-state index contributed by atoms with van der Waals surface area (Å²) in [5.41, 5.74) is 1.58. The van der Waals surface area contributed by atoms with Crippen LogP contribution >= 0.6 is 0 Å². The zero-order valence-electron chi connectivity index (χ0n) is 13.8. The van der Waals surface area contributed by atoms with Crippen molar-refractivity contribution in [2.75, 3.05) is 7.11 Å². The van der Waals surface area contributed by atoms with Gasteiger partial charge in [-0.1, -0.05) is 25.1 Å². The number of hydrogen-bond donors (Lipinski definition) is 2. The number of carbonyl (C=O) groups excluding carboxylic acids is 2. The molecule has 2 N–H and O–H groups in total. The van der Waals surface area contributed by atoms with E-state index in [0.29, 0.717) is 22.6 Å². The van der Waals surface area contributed by atoms with Crippen molar-refractivity contribution in [3.05, 3.63) is 41.1 Å². The van der Waals surface area contributed by atoms with Crippen molar-refractivity contribution in [3.8, 4) is 5.75 Å². The van der Waals surface area contributed by atoms with Crippen molar-refractivity contribution in [1.82, 2.24) is 10.6 Å². The number of hydrogen-bond acceptors (Lipinski definition) is 4. The minimum absolute atomic E-state index is 0.196. The van der Waals surface area contributed by atoms with E-state index in [1.54, 1.807) is 20.1 Å². The Labute approximate surface area is 135 Å². The molecule has 1 aliphatic heterocycles. The minimum atomic E-state index is -0.614. The predicted octanol–water partition coefficient (Wildman–Crippen LogP) is 2.66. The fourth-order valence-corrected chi connectivity index (χ4v) is 2.43. The van der Waals surface area contributed by atoms with Crippen molar-refractivity contribution >= 4 is 12.0 Å². The van der Waals surface area contributed by atoms with Crippen LogP contribution in [0.1, 0.15) is 38.8 Å². The van der Waals surface area contributed by atoms with Crippen molar-refractivity contribution in [2.24, 2.45) is 0 Å². The molecule has 0 fully saturated rings. The van der Waals surface area contributed by atoms with Crippen LogP contribution in [0.15, 0.2) is 35.5 Å². The second kappa shape index (κ2) is 7.17. The zero-order valence-corrected chi connectivity index (χ0v) is 13.8. The lowest BCUT2D eigenvalue weighted by Gasteiger charge is -2.29. The molecule has 1 heterocycles. The number of allylic oxidation sites excluding steroid dienone is 1. The number of urea groups is 1. The number of methoxy groups -OCH3 is 1. The van der Waals surface area contributed by atoms with E-state index >= 15 is 0 Å². The third kappa shape index (κ3) is 3.64.